The molecule has 2 aliphatic carbocycles. The maximum Gasteiger partial charge on any atom is 0.115 e. The second-order valence-corrected chi connectivity index (χ2v) is 6.06. The van der Waals surface area contributed by atoms with Gasteiger partial charge in [0.05, 0.1) is 12.7 Å². The Morgan fingerprint density at radius 3 is 2.85 bits per heavy atom. The van der Waals surface area contributed by atoms with Gasteiger partial charge in [0.25, 0.3) is 0 Å². The standard InChI is InChI=1S/C17H25NO2/c19-14-9-8-13-4-3-7-17(16(13)12-14)18-10-11-20-15-5-1-2-6-15/h8-9,12,15,17-19H,1-7,10-11H2. The highest BCUT2D eigenvalue weighted by Gasteiger charge is 2.20. The first-order valence-corrected chi connectivity index (χ1v) is 8.00. The first kappa shape index (κ1) is 13.9. The maximum atomic E-state index is 9.67. The van der Waals surface area contributed by atoms with E-state index in [0.717, 1.165) is 26.0 Å². The van der Waals surface area contributed by atoms with E-state index in [4.69, 9.17) is 4.74 Å². The van der Waals surface area contributed by atoms with E-state index in [1.54, 1.807) is 6.07 Å². The predicted octanol–water partition coefficient (Wildman–Crippen LogP) is 3.32. The highest BCUT2D eigenvalue weighted by Crippen LogP contribution is 2.32. The Balaban J connectivity index is 1.49. The predicted molar refractivity (Wildman–Crippen MR) is 80.0 cm³/mol. The normalized spacial score (nSPS) is 22.9. The molecule has 0 spiro atoms. The lowest BCUT2D eigenvalue weighted by Gasteiger charge is -2.27. The molecule has 3 rings (SSSR count). The van der Waals surface area contributed by atoms with Gasteiger partial charge in [-0.15, -0.1) is 0 Å². The van der Waals surface area contributed by atoms with Gasteiger partial charge in [0.2, 0.25) is 0 Å². The van der Waals surface area contributed by atoms with Crippen LogP contribution in [-0.2, 0) is 11.2 Å². The summed E-state index contributed by atoms with van der Waals surface area (Å²) in [4.78, 5) is 0. The van der Waals surface area contributed by atoms with Crippen molar-refractivity contribution in [3.05, 3.63) is 29.3 Å². The summed E-state index contributed by atoms with van der Waals surface area (Å²) < 4.78 is 5.89. The number of nitrogens with one attached hydrogen (secondary N) is 1. The van der Waals surface area contributed by atoms with Crippen LogP contribution in [-0.4, -0.2) is 24.4 Å². The van der Waals surface area contributed by atoms with Gasteiger partial charge in [0.1, 0.15) is 5.75 Å². The van der Waals surface area contributed by atoms with Crippen LogP contribution in [0.4, 0.5) is 0 Å². The quantitative estimate of drug-likeness (QED) is 0.810. The summed E-state index contributed by atoms with van der Waals surface area (Å²) in [6.45, 7) is 1.70. The molecule has 2 aliphatic rings. The SMILES string of the molecule is Oc1ccc2c(c1)C(NCCOC1CCCC1)CCC2. The van der Waals surface area contributed by atoms with E-state index in [1.165, 1.54) is 43.2 Å². The summed E-state index contributed by atoms with van der Waals surface area (Å²) in [5, 5.41) is 13.3. The molecule has 0 saturated heterocycles. The molecule has 1 aromatic carbocycles. The summed E-state index contributed by atoms with van der Waals surface area (Å²) in [6.07, 6.45) is 9.13. The number of fused-ring (bicyclic) bond motifs is 1. The Hall–Kier alpha value is -1.06. The van der Waals surface area contributed by atoms with Gasteiger partial charge in [-0.3, -0.25) is 0 Å². The van der Waals surface area contributed by atoms with Crippen LogP contribution >= 0.6 is 0 Å². The first-order chi connectivity index (χ1) is 9.83. The van der Waals surface area contributed by atoms with Gasteiger partial charge in [-0.05, 0) is 55.4 Å². The van der Waals surface area contributed by atoms with Crippen LogP contribution in [0.2, 0.25) is 0 Å². The Bertz CT molecular complexity index is 441. The van der Waals surface area contributed by atoms with Crippen LogP contribution in [0.3, 0.4) is 0 Å². The smallest absolute Gasteiger partial charge is 0.115 e. The van der Waals surface area contributed by atoms with Gasteiger partial charge in [-0.25, -0.2) is 0 Å². The summed E-state index contributed by atoms with van der Waals surface area (Å²) >= 11 is 0. The number of aromatic hydroxyl groups is 1. The Morgan fingerprint density at radius 1 is 1.15 bits per heavy atom. The molecule has 3 nitrogen and oxygen atoms in total. The molecule has 1 aromatic rings. The van der Waals surface area contributed by atoms with Gasteiger partial charge in [-0.2, -0.15) is 0 Å². The van der Waals surface area contributed by atoms with Crippen molar-refractivity contribution in [3.63, 3.8) is 0 Å². The molecule has 1 atom stereocenters. The van der Waals surface area contributed by atoms with E-state index >= 15 is 0 Å². The summed E-state index contributed by atoms with van der Waals surface area (Å²) in [5.41, 5.74) is 2.65. The van der Waals surface area contributed by atoms with Crippen LogP contribution < -0.4 is 5.32 Å². The van der Waals surface area contributed by atoms with Gasteiger partial charge < -0.3 is 15.2 Å². The van der Waals surface area contributed by atoms with Gasteiger partial charge >= 0.3 is 0 Å². The topological polar surface area (TPSA) is 41.5 Å². The van der Waals surface area contributed by atoms with Gasteiger partial charge in [0, 0.05) is 12.6 Å². The Labute approximate surface area is 121 Å². The molecule has 0 amide bonds. The lowest BCUT2D eigenvalue weighted by Crippen LogP contribution is -2.29. The highest BCUT2D eigenvalue weighted by molar-refractivity contribution is 5.38. The molecule has 0 radical (unpaired) electrons. The monoisotopic (exact) mass is 275 g/mol. The second kappa shape index (κ2) is 6.59. The molecule has 20 heavy (non-hydrogen) atoms. The average molecular weight is 275 g/mol. The largest absolute Gasteiger partial charge is 0.508 e. The van der Waals surface area contributed by atoms with E-state index in [0.29, 0.717) is 17.9 Å². The molecule has 1 saturated carbocycles. The number of phenols is 1. The minimum atomic E-state index is 0.373. The first-order valence-electron chi connectivity index (χ1n) is 8.00. The van der Waals surface area contributed by atoms with Crippen LogP contribution in [0.1, 0.15) is 55.7 Å². The van der Waals surface area contributed by atoms with Crippen LogP contribution in [0.5, 0.6) is 5.75 Å². The Morgan fingerprint density at radius 2 is 2.00 bits per heavy atom. The van der Waals surface area contributed by atoms with Crippen molar-refractivity contribution < 1.29 is 9.84 Å². The summed E-state index contributed by atoms with van der Waals surface area (Å²) in [6, 6.07) is 6.15. The van der Waals surface area contributed by atoms with Crippen molar-refractivity contribution in [2.45, 2.75) is 57.1 Å². The maximum absolute atomic E-state index is 9.67. The van der Waals surface area contributed by atoms with E-state index < -0.39 is 0 Å². The van der Waals surface area contributed by atoms with E-state index in [9.17, 15) is 5.11 Å². The zero-order valence-corrected chi connectivity index (χ0v) is 12.1. The molecular formula is C17H25NO2. The van der Waals surface area contributed by atoms with Gasteiger partial charge in [0.15, 0.2) is 0 Å². The molecule has 0 aliphatic heterocycles. The van der Waals surface area contributed by atoms with Crippen molar-refractivity contribution in [1.82, 2.24) is 5.32 Å². The van der Waals surface area contributed by atoms with Crippen molar-refractivity contribution >= 4 is 0 Å². The van der Waals surface area contributed by atoms with E-state index in [-0.39, 0.29) is 0 Å². The van der Waals surface area contributed by atoms with Crippen molar-refractivity contribution in [1.29, 1.82) is 0 Å². The molecule has 0 bridgehead atoms. The molecule has 110 valence electrons. The fourth-order valence-electron chi connectivity index (χ4n) is 3.51. The summed E-state index contributed by atoms with van der Waals surface area (Å²) in [7, 11) is 0. The molecule has 1 unspecified atom stereocenters. The van der Waals surface area contributed by atoms with Crippen molar-refractivity contribution in [2.24, 2.45) is 0 Å². The Kier molecular flexibility index (Phi) is 4.58. The van der Waals surface area contributed by atoms with Crippen LogP contribution in [0, 0.1) is 0 Å². The third-order valence-electron chi connectivity index (χ3n) is 4.59. The van der Waals surface area contributed by atoms with Crippen LogP contribution in [0.25, 0.3) is 0 Å². The number of rotatable bonds is 5. The average Bonchev–Trinajstić information content (AvgIpc) is 2.97. The lowest BCUT2D eigenvalue weighted by atomic mass is 9.87. The number of aryl methyl sites for hydroxylation is 1. The van der Waals surface area contributed by atoms with Gasteiger partial charge in [-0.1, -0.05) is 18.9 Å². The molecule has 2 N–H and O–H groups in total. The zero-order chi connectivity index (χ0) is 13.8. The summed E-state index contributed by atoms with van der Waals surface area (Å²) in [5.74, 6) is 0.375. The number of benzene rings is 1. The third kappa shape index (κ3) is 3.33. The number of ether oxygens (including phenoxy) is 1. The zero-order valence-electron chi connectivity index (χ0n) is 12.1. The molecule has 3 heteroatoms. The van der Waals surface area contributed by atoms with Crippen LogP contribution in [0.15, 0.2) is 18.2 Å². The molecule has 1 fully saturated rings. The van der Waals surface area contributed by atoms with E-state index in [2.05, 4.69) is 11.4 Å². The minimum Gasteiger partial charge on any atom is -0.508 e. The van der Waals surface area contributed by atoms with Crippen molar-refractivity contribution in [3.8, 4) is 5.75 Å². The molecule has 0 heterocycles. The number of hydrogen-bond donors (Lipinski definition) is 2. The third-order valence-corrected chi connectivity index (χ3v) is 4.59. The minimum absolute atomic E-state index is 0.373. The lowest BCUT2D eigenvalue weighted by molar-refractivity contribution is 0.0588. The number of phenolic OH excluding ortho intramolecular Hbond substituents is 1. The number of hydrogen-bond acceptors (Lipinski definition) is 3. The molecular weight excluding hydrogens is 250 g/mol. The fourth-order valence-corrected chi connectivity index (χ4v) is 3.51. The molecule has 0 aromatic heterocycles. The second-order valence-electron chi connectivity index (χ2n) is 6.06. The highest BCUT2D eigenvalue weighted by atomic mass is 16.5. The van der Waals surface area contributed by atoms with E-state index in [1.807, 2.05) is 6.07 Å². The fraction of sp³-hybridized carbons (Fsp3) is 0.647. The van der Waals surface area contributed by atoms with Crippen molar-refractivity contribution in [2.75, 3.05) is 13.2 Å².